The van der Waals surface area contributed by atoms with Crippen molar-refractivity contribution < 1.29 is 21.6 Å². The number of sulfone groups is 1. The Labute approximate surface area is 109 Å². The molecule has 1 rings (SSSR count). The molecular weight excluding hydrogens is 347 g/mol. The lowest BCUT2D eigenvalue weighted by molar-refractivity contribution is -0.140. The van der Waals surface area contributed by atoms with Gasteiger partial charge < -0.3 is 0 Å². The van der Waals surface area contributed by atoms with E-state index in [0.29, 0.717) is 6.07 Å². The van der Waals surface area contributed by atoms with Crippen molar-refractivity contribution in [2.75, 3.05) is 11.6 Å². The van der Waals surface area contributed by atoms with E-state index in [4.69, 9.17) is 11.6 Å². The number of nitrogens with zero attached hydrogens (tertiary/aromatic N) is 1. The molecule has 0 bridgehead atoms. The Balaban J connectivity index is 3.45. The molecule has 0 aliphatic heterocycles. The summed E-state index contributed by atoms with van der Waals surface area (Å²) in [5, 5.41) is -0.992. The zero-order chi connectivity index (χ0) is 13.3. The summed E-state index contributed by atoms with van der Waals surface area (Å²) in [6, 6.07) is 0.675. The van der Waals surface area contributed by atoms with Crippen LogP contribution in [0.15, 0.2) is 21.8 Å². The maximum atomic E-state index is 12.6. The maximum absolute atomic E-state index is 12.6. The van der Waals surface area contributed by atoms with Crippen LogP contribution in [0.5, 0.6) is 0 Å². The van der Waals surface area contributed by atoms with Gasteiger partial charge in [-0.15, -0.1) is 11.6 Å². The van der Waals surface area contributed by atoms with Crippen LogP contribution in [0.25, 0.3) is 0 Å². The van der Waals surface area contributed by atoms with Gasteiger partial charge in [-0.05, 0) is 22.0 Å². The number of alkyl halides is 4. The van der Waals surface area contributed by atoms with E-state index in [9.17, 15) is 21.6 Å². The average Bonchev–Trinajstić information content (AvgIpc) is 2.15. The Hall–Kier alpha value is -0.340. The minimum atomic E-state index is -4.79. The van der Waals surface area contributed by atoms with Gasteiger partial charge in [0.05, 0.1) is 11.3 Å². The number of halogens is 5. The number of hydrogen-bond donors (Lipinski definition) is 0. The van der Waals surface area contributed by atoms with Crippen LogP contribution in [0.1, 0.15) is 5.56 Å². The van der Waals surface area contributed by atoms with Crippen molar-refractivity contribution in [3.8, 4) is 0 Å². The number of hydrogen-bond acceptors (Lipinski definition) is 3. The van der Waals surface area contributed by atoms with E-state index in [-0.39, 0.29) is 10.4 Å². The van der Waals surface area contributed by atoms with Gasteiger partial charge in [0.15, 0.2) is 14.9 Å². The third-order valence-corrected chi connectivity index (χ3v) is 4.27. The highest BCUT2D eigenvalue weighted by Crippen LogP contribution is 2.35. The van der Waals surface area contributed by atoms with E-state index in [1.165, 1.54) is 0 Å². The van der Waals surface area contributed by atoms with Crippen molar-refractivity contribution in [2.45, 2.75) is 11.2 Å². The van der Waals surface area contributed by atoms with E-state index in [1.807, 2.05) is 0 Å². The number of aromatic nitrogens is 1. The van der Waals surface area contributed by atoms with Gasteiger partial charge in [0.25, 0.3) is 0 Å². The van der Waals surface area contributed by atoms with Gasteiger partial charge in [0.1, 0.15) is 0 Å². The second-order valence-electron chi connectivity index (χ2n) is 3.01. The van der Waals surface area contributed by atoms with Crippen LogP contribution in [0.4, 0.5) is 13.2 Å². The summed E-state index contributed by atoms with van der Waals surface area (Å²) >= 11 is 8.05. The third kappa shape index (κ3) is 3.56. The molecule has 1 heterocycles. The molecule has 1 aromatic rings. The first-order valence-electron chi connectivity index (χ1n) is 4.20. The van der Waals surface area contributed by atoms with Crippen molar-refractivity contribution in [3.63, 3.8) is 0 Å². The van der Waals surface area contributed by atoms with Crippen molar-refractivity contribution in [1.82, 2.24) is 4.98 Å². The molecule has 0 spiro atoms. The highest BCUT2D eigenvalue weighted by atomic mass is 79.9. The molecule has 17 heavy (non-hydrogen) atoms. The quantitative estimate of drug-likeness (QED) is 0.786. The Bertz CT molecular complexity index is 518. The number of rotatable bonds is 3. The first kappa shape index (κ1) is 14.7. The van der Waals surface area contributed by atoms with E-state index < -0.39 is 32.4 Å². The molecule has 0 saturated heterocycles. The lowest BCUT2D eigenvalue weighted by Crippen LogP contribution is -2.18. The van der Waals surface area contributed by atoms with Gasteiger partial charge in [-0.2, -0.15) is 13.2 Å². The summed E-state index contributed by atoms with van der Waals surface area (Å²) in [7, 11) is -4.12. The second kappa shape index (κ2) is 5.11. The van der Waals surface area contributed by atoms with Crippen LogP contribution < -0.4 is 0 Å². The molecule has 1 aromatic heterocycles. The van der Waals surface area contributed by atoms with Gasteiger partial charge in [-0.25, -0.2) is 13.4 Å². The van der Waals surface area contributed by atoms with E-state index >= 15 is 0 Å². The maximum Gasteiger partial charge on any atom is 0.419 e. The standard InChI is InChI=1S/C8H6BrClF3NO2S/c9-5-3-6(8(11,12)13)7(14-4-5)17(15,16)2-1-10/h3-4H,1-2H2. The van der Waals surface area contributed by atoms with Crippen molar-refractivity contribution >= 4 is 37.4 Å². The van der Waals surface area contributed by atoms with E-state index in [2.05, 4.69) is 20.9 Å². The van der Waals surface area contributed by atoms with Gasteiger partial charge in [0.2, 0.25) is 0 Å². The molecule has 0 N–H and O–H groups in total. The lowest BCUT2D eigenvalue weighted by Gasteiger charge is -2.12. The fourth-order valence-electron chi connectivity index (χ4n) is 1.08. The zero-order valence-corrected chi connectivity index (χ0v) is 11.3. The Morgan fingerprint density at radius 1 is 1.41 bits per heavy atom. The normalized spacial score (nSPS) is 12.8. The van der Waals surface area contributed by atoms with Crippen LogP contribution in [0, 0.1) is 0 Å². The molecule has 9 heteroatoms. The van der Waals surface area contributed by atoms with Crippen molar-refractivity contribution in [2.24, 2.45) is 0 Å². The van der Waals surface area contributed by atoms with Gasteiger partial charge in [0, 0.05) is 16.5 Å². The molecule has 0 fully saturated rings. The monoisotopic (exact) mass is 351 g/mol. The molecular formula is C8H6BrClF3NO2S. The van der Waals surface area contributed by atoms with Gasteiger partial charge >= 0.3 is 6.18 Å². The fourth-order valence-corrected chi connectivity index (χ4v) is 3.14. The second-order valence-corrected chi connectivity index (χ2v) is 6.33. The molecule has 96 valence electrons. The lowest BCUT2D eigenvalue weighted by atomic mass is 10.3. The molecule has 0 amide bonds. The molecule has 0 aromatic carbocycles. The van der Waals surface area contributed by atoms with Crippen LogP contribution in [0.3, 0.4) is 0 Å². The van der Waals surface area contributed by atoms with E-state index in [1.54, 1.807) is 0 Å². The van der Waals surface area contributed by atoms with Crippen LogP contribution in [-0.2, 0) is 16.0 Å². The number of pyridine rings is 1. The summed E-state index contributed by atoms with van der Waals surface area (Å²) in [6.07, 6.45) is -3.79. The molecule has 0 aliphatic rings. The van der Waals surface area contributed by atoms with Crippen molar-refractivity contribution in [3.05, 3.63) is 22.3 Å². The minimum absolute atomic E-state index is 0.0506. The van der Waals surface area contributed by atoms with Crippen LogP contribution in [0.2, 0.25) is 0 Å². The molecule has 0 aliphatic carbocycles. The fraction of sp³-hybridized carbons (Fsp3) is 0.375. The minimum Gasteiger partial charge on any atom is -0.243 e. The Kier molecular flexibility index (Phi) is 4.43. The first-order valence-corrected chi connectivity index (χ1v) is 7.18. The predicted molar refractivity (Wildman–Crippen MR) is 59.7 cm³/mol. The average molecular weight is 353 g/mol. The smallest absolute Gasteiger partial charge is 0.243 e. The third-order valence-electron chi connectivity index (χ3n) is 1.76. The topological polar surface area (TPSA) is 47.0 Å². The molecule has 3 nitrogen and oxygen atoms in total. The zero-order valence-electron chi connectivity index (χ0n) is 8.13. The Morgan fingerprint density at radius 2 is 2.00 bits per heavy atom. The summed E-state index contributed by atoms with van der Waals surface area (Å²) in [6.45, 7) is 0. The van der Waals surface area contributed by atoms with Crippen LogP contribution >= 0.6 is 27.5 Å². The van der Waals surface area contributed by atoms with Crippen LogP contribution in [-0.4, -0.2) is 25.0 Å². The van der Waals surface area contributed by atoms with Gasteiger partial charge in [-0.3, -0.25) is 0 Å². The molecule has 0 saturated carbocycles. The highest BCUT2D eigenvalue weighted by molar-refractivity contribution is 9.10. The molecule has 0 radical (unpaired) electrons. The summed E-state index contributed by atoms with van der Waals surface area (Å²) in [5.74, 6) is -0.885. The summed E-state index contributed by atoms with van der Waals surface area (Å²) in [4.78, 5) is 3.32. The summed E-state index contributed by atoms with van der Waals surface area (Å²) in [5.41, 5.74) is -1.29. The first-order chi connectivity index (χ1) is 7.68. The Morgan fingerprint density at radius 3 is 2.47 bits per heavy atom. The molecule has 0 atom stereocenters. The van der Waals surface area contributed by atoms with Gasteiger partial charge in [-0.1, -0.05) is 0 Å². The predicted octanol–water partition coefficient (Wildman–Crippen LogP) is 2.88. The summed E-state index contributed by atoms with van der Waals surface area (Å²) < 4.78 is 61.1. The highest BCUT2D eigenvalue weighted by Gasteiger charge is 2.38. The van der Waals surface area contributed by atoms with Crippen molar-refractivity contribution in [1.29, 1.82) is 0 Å². The van der Waals surface area contributed by atoms with E-state index in [0.717, 1.165) is 6.20 Å². The molecule has 0 unspecified atom stereocenters. The SMILES string of the molecule is O=S(=O)(CCCl)c1ncc(Br)cc1C(F)(F)F. The largest absolute Gasteiger partial charge is 0.419 e.